The maximum absolute atomic E-state index is 12.0. The Kier molecular flexibility index (Phi) is 4.56. The largest absolute Gasteiger partial charge is 0.389 e. The van der Waals surface area contributed by atoms with Gasteiger partial charge in [0.2, 0.25) is 0 Å². The van der Waals surface area contributed by atoms with Gasteiger partial charge in [-0.3, -0.25) is 11.3 Å². The second-order valence-electron chi connectivity index (χ2n) is 3.30. The SMILES string of the molecule is NNC(CCC(F)(F)F)Cc1cccs1. The molecule has 0 aliphatic heterocycles. The molecule has 2 nitrogen and oxygen atoms in total. The maximum atomic E-state index is 12.0. The van der Waals surface area contributed by atoms with E-state index in [2.05, 4.69) is 5.43 Å². The zero-order valence-electron chi connectivity index (χ0n) is 8.05. The van der Waals surface area contributed by atoms with Crippen molar-refractivity contribution in [2.75, 3.05) is 0 Å². The molecule has 1 atom stereocenters. The number of halogens is 3. The van der Waals surface area contributed by atoms with Gasteiger partial charge in [-0.2, -0.15) is 13.2 Å². The van der Waals surface area contributed by atoms with E-state index >= 15 is 0 Å². The Balaban J connectivity index is 2.36. The molecule has 1 heterocycles. The van der Waals surface area contributed by atoms with Crippen molar-refractivity contribution in [3.8, 4) is 0 Å². The average molecular weight is 238 g/mol. The van der Waals surface area contributed by atoms with E-state index < -0.39 is 12.6 Å². The van der Waals surface area contributed by atoms with E-state index in [1.807, 2.05) is 17.5 Å². The van der Waals surface area contributed by atoms with Crippen molar-refractivity contribution < 1.29 is 13.2 Å². The van der Waals surface area contributed by atoms with Crippen LogP contribution in [0.2, 0.25) is 0 Å². The van der Waals surface area contributed by atoms with Gasteiger partial charge in [-0.1, -0.05) is 6.07 Å². The van der Waals surface area contributed by atoms with Crippen LogP contribution in [0.25, 0.3) is 0 Å². The van der Waals surface area contributed by atoms with Gasteiger partial charge in [0.05, 0.1) is 0 Å². The molecular formula is C9H13F3N2S. The lowest BCUT2D eigenvalue weighted by atomic mass is 10.1. The van der Waals surface area contributed by atoms with Crippen molar-refractivity contribution in [1.29, 1.82) is 0 Å². The van der Waals surface area contributed by atoms with Gasteiger partial charge in [-0.15, -0.1) is 11.3 Å². The van der Waals surface area contributed by atoms with E-state index in [0.29, 0.717) is 6.42 Å². The predicted molar refractivity (Wildman–Crippen MR) is 54.4 cm³/mol. The van der Waals surface area contributed by atoms with Crippen LogP contribution in [-0.2, 0) is 6.42 Å². The Hall–Kier alpha value is -0.590. The number of alkyl halides is 3. The summed E-state index contributed by atoms with van der Waals surface area (Å²) >= 11 is 1.52. The number of nitrogens with one attached hydrogen (secondary N) is 1. The molecule has 6 heteroatoms. The van der Waals surface area contributed by atoms with E-state index in [4.69, 9.17) is 5.84 Å². The molecule has 0 aromatic carbocycles. The normalized spacial score (nSPS) is 14.1. The molecule has 15 heavy (non-hydrogen) atoms. The van der Waals surface area contributed by atoms with Crippen molar-refractivity contribution in [3.05, 3.63) is 22.4 Å². The third kappa shape index (κ3) is 5.15. The first-order valence-corrected chi connectivity index (χ1v) is 5.44. The molecular weight excluding hydrogens is 225 g/mol. The Morgan fingerprint density at radius 1 is 1.47 bits per heavy atom. The third-order valence-electron chi connectivity index (χ3n) is 2.04. The molecule has 3 N–H and O–H groups in total. The minimum absolute atomic E-state index is 0.0118. The zero-order chi connectivity index (χ0) is 11.3. The van der Waals surface area contributed by atoms with Crippen LogP contribution in [0.5, 0.6) is 0 Å². The Morgan fingerprint density at radius 2 is 2.20 bits per heavy atom. The van der Waals surface area contributed by atoms with Gasteiger partial charge >= 0.3 is 6.18 Å². The average Bonchev–Trinajstić information content (AvgIpc) is 2.63. The summed E-state index contributed by atoms with van der Waals surface area (Å²) in [5.41, 5.74) is 2.42. The van der Waals surface area contributed by atoms with E-state index in [1.165, 1.54) is 11.3 Å². The van der Waals surface area contributed by atoms with Crippen LogP contribution in [0.15, 0.2) is 17.5 Å². The van der Waals surface area contributed by atoms with Gasteiger partial charge in [0.1, 0.15) is 0 Å². The standard InChI is InChI=1S/C9H13F3N2S/c10-9(11,12)4-3-7(14-13)6-8-2-1-5-15-8/h1-2,5,7,14H,3-4,6,13H2. The molecule has 0 fully saturated rings. The molecule has 1 aromatic heterocycles. The second-order valence-corrected chi connectivity index (χ2v) is 4.33. The topological polar surface area (TPSA) is 38.0 Å². The maximum Gasteiger partial charge on any atom is 0.389 e. The van der Waals surface area contributed by atoms with Gasteiger partial charge in [0, 0.05) is 17.3 Å². The summed E-state index contributed by atoms with van der Waals surface area (Å²) < 4.78 is 35.9. The van der Waals surface area contributed by atoms with Crippen LogP contribution < -0.4 is 11.3 Å². The number of hydrazine groups is 1. The van der Waals surface area contributed by atoms with Gasteiger partial charge in [-0.05, 0) is 24.3 Å². The van der Waals surface area contributed by atoms with Gasteiger partial charge < -0.3 is 0 Å². The van der Waals surface area contributed by atoms with Crippen LogP contribution in [-0.4, -0.2) is 12.2 Å². The Bertz CT molecular complexity index is 271. The predicted octanol–water partition coefficient (Wildman–Crippen LogP) is 2.46. The molecule has 1 unspecified atom stereocenters. The molecule has 0 saturated carbocycles. The van der Waals surface area contributed by atoms with Crippen molar-refractivity contribution >= 4 is 11.3 Å². The molecule has 1 aromatic rings. The molecule has 0 radical (unpaired) electrons. The van der Waals surface area contributed by atoms with Crippen molar-refractivity contribution in [1.82, 2.24) is 5.43 Å². The molecule has 0 amide bonds. The third-order valence-corrected chi connectivity index (χ3v) is 2.94. The molecule has 86 valence electrons. The van der Waals surface area contributed by atoms with E-state index in [1.54, 1.807) is 0 Å². The Labute approximate surface area is 90.3 Å². The van der Waals surface area contributed by atoms with Crippen molar-refractivity contribution in [3.63, 3.8) is 0 Å². The number of thiophene rings is 1. The summed E-state index contributed by atoms with van der Waals surface area (Å²) in [5, 5.41) is 1.90. The summed E-state index contributed by atoms with van der Waals surface area (Å²) in [5.74, 6) is 5.21. The fraction of sp³-hybridized carbons (Fsp3) is 0.556. The van der Waals surface area contributed by atoms with Gasteiger partial charge in [-0.25, -0.2) is 0 Å². The summed E-state index contributed by atoms with van der Waals surface area (Å²) in [6.45, 7) is 0. The molecule has 0 spiro atoms. The van der Waals surface area contributed by atoms with Crippen LogP contribution in [0.1, 0.15) is 17.7 Å². The first kappa shape index (κ1) is 12.5. The number of hydrogen-bond acceptors (Lipinski definition) is 3. The van der Waals surface area contributed by atoms with Gasteiger partial charge in [0.25, 0.3) is 0 Å². The minimum atomic E-state index is -4.11. The smallest absolute Gasteiger partial charge is 0.271 e. The molecule has 0 aliphatic carbocycles. The molecule has 0 saturated heterocycles. The second kappa shape index (κ2) is 5.48. The summed E-state index contributed by atoms with van der Waals surface area (Å²) in [4.78, 5) is 1.04. The first-order chi connectivity index (χ1) is 7.01. The number of nitrogens with two attached hydrogens (primary N) is 1. The summed E-state index contributed by atoms with van der Waals surface area (Å²) in [6.07, 6.45) is -4.35. The van der Waals surface area contributed by atoms with Crippen molar-refractivity contribution in [2.45, 2.75) is 31.5 Å². The molecule has 1 rings (SSSR count). The minimum Gasteiger partial charge on any atom is -0.271 e. The highest BCUT2D eigenvalue weighted by Crippen LogP contribution is 2.23. The van der Waals surface area contributed by atoms with E-state index in [-0.39, 0.29) is 12.5 Å². The van der Waals surface area contributed by atoms with Crippen LogP contribution >= 0.6 is 11.3 Å². The summed E-state index contributed by atoms with van der Waals surface area (Å²) in [7, 11) is 0. The number of hydrogen-bond donors (Lipinski definition) is 2. The van der Waals surface area contributed by atoms with Crippen LogP contribution in [0.4, 0.5) is 13.2 Å². The fourth-order valence-electron chi connectivity index (χ4n) is 1.25. The zero-order valence-corrected chi connectivity index (χ0v) is 8.87. The lowest BCUT2D eigenvalue weighted by Gasteiger charge is -2.15. The highest BCUT2D eigenvalue weighted by molar-refractivity contribution is 7.09. The quantitative estimate of drug-likeness (QED) is 0.611. The van der Waals surface area contributed by atoms with E-state index in [9.17, 15) is 13.2 Å². The Morgan fingerprint density at radius 3 is 2.67 bits per heavy atom. The fourth-order valence-corrected chi connectivity index (χ4v) is 2.04. The van der Waals surface area contributed by atoms with E-state index in [0.717, 1.165) is 4.88 Å². The highest BCUT2D eigenvalue weighted by Gasteiger charge is 2.28. The highest BCUT2D eigenvalue weighted by atomic mass is 32.1. The van der Waals surface area contributed by atoms with Crippen LogP contribution in [0, 0.1) is 0 Å². The monoisotopic (exact) mass is 238 g/mol. The van der Waals surface area contributed by atoms with Crippen LogP contribution in [0.3, 0.4) is 0 Å². The molecule has 0 aliphatic rings. The lowest BCUT2D eigenvalue weighted by molar-refractivity contribution is -0.136. The van der Waals surface area contributed by atoms with Crippen molar-refractivity contribution in [2.24, 2.45) is 5.84 Å². The summed E-state index contributed by atoms with van der Waals surface area (Å²) in [6, 6.07) is 3.45. The number of rotatable bonds is 5. The molecule has 0 bridgehead atoms. The van der Waals surface area contributed by atoms with Gasteiger partial charge in [0.15, 0.2) is 0 Å². The first-order valence-electron chi connectivity index (χ1n) is 4.56. The lowest BCUT2D eigenvalue weighted by Crippen LogP contribution is -2.37.